The van der Waals surface area contributed by atoms with E-state index in [2.05, 4.69) is 4.98 Å². The number of nitrogens with zero attached hydrogens (tertiary/aromatic N) is 2. The third kappa shape index (κ3) is 3.09. The summed E-state index contributed by atoms with van der Waals surface area (Å²) in [5, 5.41) is 1.08. The molecule has 0 aliphatic rings. The lowest BCUT2D eigenvalue weighted by Gasteiger charge is -2.10. The molecule has 0 spiro atoms. The molecule has 2 aromatic heterocycles. The molecular weight excluding hydrogens is 364 g/mol. The Labute approximate surface area is 158 Å². The summed E-state index contributed by atoms with van der Waals surface area (Å²) in [6.07, 6.45) is 1.85. The average molecular weight is 377 g/mol. The van der Waals surface area contributed by atoms with E-state index in [0.29, 0.717) is 15.4 Å². The van der Waals surface area contributed by atoms with E-state index >= 15 is 0 Å². The molecule has 0 bridgehead atoms. The van der Waals surface area contributed by atoms with Crippen LogP contribution in [0.25, 0.3) is 26.3 Å². The number of benzene rings is 2. The second-order valence-electron chi connectivity index (χ2n) is 5.50. The van der Waals surface area contributed by atoms with Crippen LogP contribution in [-0.2, 0) is 4.79 Å². The van der Waals surface area contributed by atoms with Gasteiger partial charge in [0.05, 0.1) is 16.8 Å². The average Bonchev–Trinajstić information content (AvgIpc) is 3.12. The number of fused-ring (bicyclic) bond motifs is 1. The van der Waals surface area contributed by atoms with Crippen molar-refractivity contribution >= 4 is 39.6 Å². The summed E-state index contributed by atoms with van der Waals surface area (Å²) in [5.74, 6) is 0.127. The van der Waals surface area contributed by atoms with E-state index in [1.807, 2.05) is 73.0 Å². The highest BCUT2D eigenvalue weighted by Crippen LogP contribution is 2.32. The highest BCUT2D eigenvalue weighted by molar-refractivity contribution is 7.99. The van der Waals surface area contributed by atoms with Gasteiger partial charge in [-0.3, -0.25) is 14.2 Å². The first-order valence-electron chi connectivity index (χ1n) is 7.93. The molecule has 0 N–H and O–H groups in total. The molecule has 26 heavy (non-hydrogen) atoms. The third-order valence-corrected chi connectivity index (χ3v) is 5.74. The highest BCUT2D eigenvalue weighted by Gasteiger charge is 2.16. The van der Waals surface area contributed by atoms with E-state index in [4.69, 9.17) is 0 Å². The van der Waals surface area contributed by atoms with Gasteiger partial charge in [-0.1, -0.05) is 60.3 Å². The Kier molecular flexibility index (Phi) is 4.69. The van der Waals surface area contributed by atoms with Crippen LogP contribution in [0.5, 0.6) is 0 Å². The molecule has 0 amide bonds. The first-order valence-corrected chi connectivity index (χ1v) is 9.73. The summed E-state index contributed by atoms with van der Waals surface area (Å²) in [5.41, 5.74) is 1.65. The quantitative estimate of drug-likeness (QED) is 0.384. The molecule has 1 radical (unpaired) electrons. The normalized spacial score (nSPS) is 10.9. The molecule has 0 saturated carbocycles. The Balaban J connectivity index is 1.95. The van der Waals surface area contributed by atoms with Crippen LogP contribution in [0, 0.1) is 0 Å². The number of thioether (sulfide) groups is 1. The fourth-order valence-electron chi connectivity index (χ4n) is 2.70. The predicted molar refractivity (Wildman–Crippen MR) is 107 cm³/mol. The van der Waals surface area contributed by atoms with Crippen molar-refractivity contribution in [2.45, 2.75) is 5.16 Å². The van der Waals surface area contributed by atoms with E-state index < -0.39 is 0 Å². The lowest BCUT2D eigenvalue weighted by molar-refractivity contribution is 0.560. The number of thiophene rings is 1. The molecular formula is C20H13N2O2S2. The lowest BCUT2D eigenvalue weighted by Crippen LogP contribution is -2.21. The van der Waals surface area contributed by atoms with Crippen LogP contribution in [0.3, 0.4) is 0 Å². The van der Waals surface area contributed by atoms with Crippen molar-refractivity contribution in [1.29, 1.82) is 0 Å². The van der Waals surface area contributed by atoms with Gasteiger partial charge in [0.25, 0.3) is 5.56 Å². The summed E-state index contributed by atoms with van der Waals surface area (Å²) in [6.45, 7) is 0. The van der Waals surface area contributed by atoms with Gasteiger partial charge in [0, 0.05) is 4.88 Å². The summed E-state index contributed by atoms with van der Waals surface area (Å²) < 4.78 is 1.56. The van der Waals surface area contributed by atoms with Gasteiger partial charge in [0.2, 0.25) is 6.29 Å². The smallest absolute Gasteiger partial charge is 0.267 e. The van der Waals surface area contributed by atoms with Crippen molar-refractivity contribution in [3.05, 3.63) is 77.1 Å². The van der Waals surface area contributed by atoms with Crippen LogP contribution in [0.2, 0.25) is 0 Å². The molecule has 2 aromatic carbocycles. The fourth-order valence-corrected chi connectivity index (χ4v) is 4.45. The maximum atomic E-state index is 13.2. The molecule has 127 valence electrons. The Morgan fingerprint density at radius 1 is 1.04 bits per heavy atom. The van der Waals surface area contributed by atoms with Crippen LogP contribution in [0.1, 0.15) is 0 Å². The largest absolute Gasteiger partial charge is 0.290 e. The van der Waals surface area contributed by atoms with Gasteiger partial charge in [-0.05, 0) is 23.8 Å². The predicted octanol–water partition coefficient (Wildman–Crippen LogP) is 4.32. The molecule has 0 atom stereocenters. The van der Waals surface area contributed by atoms with Gasteiger partial charge >= 0.3 is 0 Å². The second-order valence-corrected chi connectivity index (χ2v) is 7.47. The van der Waals surface area contributed by atoms with Crippen LogP contribution in [-0.4, -0.2) is 21.6 Å². The fraction of sp³-hybridized carbons (Fsp3) is 0.0500. The minimum Gasteiger partial charge on any atom is -0.290 e. The molecule has 4 aromatic rings. The molecule has 0 fully saturated rings. The first-order chi connectivity index (χ1) is 12.8. The number of hydrogen-bond acceptors (Lipinski definition) is 5. The molecule has 4 nitrogen and oxygen atoms in total. The number of rotatable bonds is 5. The number of aromatic nitrogens is 2. The Bertz CT molecular complexity index is 1120. The van der Waals surface area contributed by atoms with Crippen LogP contribution in [0.15, 0.2) is 76.7 Å². The topological polar surface area (TPSA) is 52.0 Å². The summed E-state index contributed by atoms with van der Waals surface area (Å²) in [7, 11) is 0. The second kappa shape index (κ2) is 7.27. The van der Waals surface area contributed by atoms with Gasteiger partial charge in [-0.2, -0.15) is 0 Å². The molecule has 0 saturated heterocycles. The Morgan fingerprint density at radius 3 is 2.42 bits per heavy atom. The van der Waals surface area contributed by atoms with Crippen molar-refractivity contribution in [3.63, 3.8) is 0 Å². The van der Waals surface area contributed by atoms with Gasteiger partial charge in [0.1, 0.15) is 4.83 Å². The molecule has 0 aliphatic heterocycles. The van der Waals surface area contributed by atoms with Gasteiger partial charge in [0.15, 0.2) is 5.16 Å². The van der Waals surface area contributed by atoms with E-state index in [9.17, 15) is 9.59 Å². The minimum atomic E-state index is -0.131. The summed E-state index contributed by atoms with van der Waals surface area (Å²) in [4.78, 5) is 30.2. The molecule has 6 heteroatoms. The van der Waals surface area contributed by atoms with E-state index in [0.717, 1.165) is 16.1 Å². The summed E-state index contributed by atoms with van der Waals surface area (Å²) in [6, 6.07) is 21.2. The van der Waals surface area contributed by atoms with Crippen molar-refractivity contribution in [2.75, 3.05) is 5.75 Å². The van der Waals surface area contributed by atoms with Gasteiger partial charge in [-0.15, -0.1) is 11.3 Å². The summed E-state index contributed by atoms with van der Waals surface area (Å²) >= 11 is 2.69. The van der Waals surface area contributed by atoms with E-state index in [1.165, 1.54) is 23.1 Å². The zero-order chi connectivity index (χ0) is 17.9. The lowest BCUT2D eigenvalue weighted by atomic mass is 10.2. The number of para-hydroxylation sites is 1. The monoisotopic (exact) mass is 377 g/mol. The standard InChI is InChI=1S/C20H13N2O2S2/c23-11-12-25-20-21-18-16(13-17(26-18)14-7-3-1-4-8-14)19(24)22(20)15-9-5-2-6-10-15/h1-10,13H,12H2. The SMILES string of the molecule is O=[C]CSc1nc2sc(-c3ccccc3)cc2c(=O)n1-c1ccccc1. The van der Waals surface area contributed by atoms with Crippen molar-refractivity contribution in [3.8, 4) is 16.1 Å². The zero-order valence-electron chi connectivity index (χ0n) is 13.6. The minimum absolute atomic E-state index is 0.127. The van der Waals surface area contributed by atoms with Gasteiger partial charge < -0.3 is 0 Å². The third-order valence-electron chi connectivity index (χ3n) is 3.87. The first kappa shape index (κ1) is 16.8. The maximum Gasteiger partial charge on any atom is 0.267 e. The van der Waals surface area contributed by atoms with Gasteiger partial charge in [-0.25, -0.2) is 4.98 Å². The number of carbonyl (C=O) groups excluding carboxylic acids is 1. The molecule has 0 unspecified atom stereocenters. The van der Waals surface area contributed by atoms with Crippen molar-refractivity contribution in [2.24, 2.45) is 0 Å². The maximum absolute atomic E-state index is 13.2. The molecule has 4 rings (SSSR count). The van der Waals surface area contributed by atoms with Crippen LogP contribution >= 0.6 is 23.1 Å². The van der Waals surface area contributed by atoms with Crippen molar-refractivity contribution in [1.82, 2.24) is 9.55 Å². The molecule has 2 heterocycles. The van der Waals surface area contributed by atoms with Crippen molar-refractivity contribution < 1.29 is 4.79 Å². The molecule has 0 aliphatic carbocycles. The Hall–Kier alpha value is -2.70. The Morgan fingerprint density at radius 2 is 1.73 bits per heavy atom. The number of hydrogen-bond donors (Lipinski definition) is 0. The van der Waals surface area contributed by atoms with Crippen LogP contribution in [0.4, 0.5) is 0 Å². The van der Waals surface area contributed by atoms with Crippen LogP contribution < -0.4 is 5.56 Å². The van der Waals surface area contributed by atoms with E-state index in [1.54, 1.807) is 4.57 Å². The van der Waals surface area contributed by atoms with E-state index in [-0.39, 0.29) is 11.3 Å². The highest BCUT2D eigenvalue weighted by atomic mass is 32.2. The zero-order valence-corrected chi connectivity index (χ0v) is 15.2.